The van der Waals surface area contributed by atoms with E-state index in [1.807, 2.05) is 0 Å². The molecular weight excluding hydrogens is 348 g/mol. The van der Waals surface area contributed by atoms with Gasteiger partial charge in [-0.25, -0.2) is 0 Å². The molecule has 0 spiro atoms. The van der Waals surface area contributed by atoms with Crippen LogP contribution in [-0.4, -0.2) is 23.8 Å². The van der Waals surface area contributed by atoms with Gasteiger partial charge in [0.2, 0.25) is 0 Å². The predicted molar refractivity (Wildman–Crippen MR) is 114 cm³/mol. The molecule has 1 N–H and O–H groups in total. The van der Waals surface area contributed by atoms with Crippen LogP contribution in [0.1, 0.15) is 72.6 Å². The van der Waals surface area contributed by atoms with Gasteiger partial charge in [-0.3, -0.25) is 4.79 Å². The average molecular weight is 387 g/mol. The van der Waals surface area contributed by atoms with Crippen LogP contribution >= 0.6 is 0 Å². The third-order valence-corrected chi connectivity index (χ3v) is 7.89. The SMILES string of the molecule is C=C1[C@H](C)C/C(=C/C=C2\CCC[C@]3(C)[C@@H](C(C)COC(C)=O)CC[C@@H]23)C[C@H]1O. The van der Waals surface area contributed by atoms with Crippen molar-refractivity contribution in [1.29, 1.82) is 0 Å². The van der Waals surface area contributed by atoms with Crippen LogP contribution in [0.15, 0.2) is 35.5 Å². The molecule has 3 fully saturated rings. The van der Waals surface area contributed by atoms with Crippen LogP contribution in [0.2, 0.25) is 0 Å². The first-order valence-corrected chi connectivity index (χ1v) is 11.1. The molecule has 0 saturated heterocycles. The normalized spacial score (nSPS) is 39.8. The number of rotatable bonds is 4. The van der Waals surface area contributed by atoms with Crippen molar-refractivity contribution in [2.45, 2.75) is 78.7 Å². The van der Waals surface area contributed by atoms with Crippen molar-refractivity contribution < 1.29 is 14.6 Å². The fourth-order valence-electron chi connectivity index (χ4n) is 6.26. The molecule has 3 nitrogen and oxygen atoms in total. The maximum atomic E-state index is 11.2. The Morgan fingerprint density at radius 1 is 1.36 bits per heavy atom. The molecule has 3 heteroatoms. The van der Waals surface area contributed by atoms with Crippen molar-refractivity contribution in [2.24, 2.45) is 29.1 Å². The van der Waals surface area contributed by atoms with Gasteiger partial charge >= 0.3 is 5.97 Å². The van der Waals surface area contributed by atoms with Crippen LogP contribution < -0.4 is 0 Å². The monoisotopic (exact) mass is 386 g/mol. The second-order valence-corrected chi connectivity index (χ2v) is 9.84. The fraction of sp³-hybridized carbons (Fsp3) is 0.720. The smallest absolute Gasteiger partial charge is 0.302 e. The van der Waals surface area contributed by atoms with Gasteiger partial charge in [0.1, 0.15) is 0 Å². The van der Waals surface area contributed by atoms with E-state index in [1.54, 1.807) is 5.57 Å². The second-order valence-electron chi connectivity index (χ2n) is 9.84. The van der Waals surface area contributed by atoms with Crippen LogP contribution in [0.3, 0.4) is 0 Å². The van der Waals surface area contributed by atoms with Crippen LogP contribution in [0, 0.1) is 29.1 Å². The van der Waals surface area contributed by atoms with E-state index >= 15 is 0 Å². The minimum Gasteiger partial charge on any atom is -0.466 e. The maximum Gasteiger partial charge on any atom is 0.302 e. The van der Waals surface area contributed by atoms with E-state index in [4.69, 9.17) is 4.74 Å². The quantitative estimate of drug-likeness (QED) is 0.505. The van der Waals surface area contributed by atoms with Crippen LogP contribution in [0.4, 0.5) is 0 Å². The Morgan fingerprint density at radius 3 is 2.79 bits per heavy atom. The number of carbonyl (C=O) groups excluding carboxylic acids is 1. The summed E-state index contributed by atoms with van der Waals surface area (Å²) >= 11 is 0. The van der Waals surface area contributed by atoms with E-state index < -0.39 is 0 Å². The summed E-state index contributed by atoms with van der Waals surface area (Å²) in [7, 11) is 0. The molecule has 0 aromatic heterocycles. The number of aliphatic hydroxyl groups excluding tert-OH is 1. The predicted octanol–water partition coefficient (Wildman–Crippen LogP) is 5.60. The first kappa shape index (κ1) is 21.4. The topological polar surface area (TPSA) is 46.5 Å². The largest absolute Gasteiger partial charge is 0.466 e. The second kappa shape index (κ2) is 8.57. The molecule has 0 aliphatic heterocycles. The number of allylic oxidation sites excluding steroid dienone is 3. The molecule has 0 radical (unpaired) electrons. The minimum atomic E-state index is -0.386. The van der Waals surface area contributed by atoms with Gasteiger partial charge in [0.15, 0.2) is 0 Å². The molecule has 28 heavy (non-hydrogen) atoms. The third-order valence-electron chi connectivity index (χ3n) is 7.89. The van der Waals surface area contributed by atoms with Gasteiger partial charge in [0.05, 0.1) is 12.7 Å². The Bertz CT molecular complexity index is 657. The summed E-state index contributed by atoms with van der Waals surface area (Å²) in [4.78, 5) is 11.2. The van der Waals surface area contributed by atoms with Crippen molar-refractivity contribution in [2.75, 3.05) is 6.61 Å². The maximum absolute atomic E-state index is 11.2. The van der Waals surface area contributed by atoms with E-state index in [0.29, 0.717) is 35.7 Å². The Hall–Kier alpha value is -1.35. The molecule has 3 aliphatic rings. The lowest BCUT2D eigenvalue weighted by atomic mass is 9.61. The number of carbonyl (C=O) groups is 1. The number of aliphatic hydroxyl groups is 1. The van der Waals surface area contributed by atoms with E-state index in [9.17, 15) is 9.90 Å². The Balaban J connectivity index is 1.73. The van der Waals surface area contributed by atoms with Gasteiger partial charge in [0.25, 0.3) is 0 Å². The zero-order valence-electron chi connectivity index (χ0n) is 18.2. The minimum absolute atomic E-state index is 0.172. The van der Waals surface area contributed by atoms with Crippen molar-refractivity contribution in [3.8, 4) is 0 Å². The highest BCUT2D eigenvalue weighted by Gasteiger charge is 2.50. The lowest BCUT2D eigenvalue weighted by Gasteiger charge is -2.44. The van der Waals surface area contributed by atoms with E-state index in [2.05, 4.69) is 39.5 Å². The van der Waals surface area contributed by atoms with E-state index in [0.717, 1.165) is 18.4 Å². The average Bonchev–Trinajstić information content (AvgIpc) is 2.99. The fourth-order valence-corrected chi connectivity index (χ4v) is 6.26. The summed E-state index contributed by atoms with van der Waals surface area (Å²) in [5.41, 5.74) is 4.24. The molecule has 0 amide bonds. The van der Waals surface area contributed by atoms with Gasteiger partial charge in [0, 0.05) is 6.92 Å². The number of esters is 1. The number of ether oxygens (including phenoxy) is 1. The van der Waals surface area contributed by atoms with Crippen LogP contribution in [0.5, 0.6) is 0 Å². The highest BCUT2D eigenvalue weighted by molar-refractivity contribution is 5.65. The van der Waals surface area contributed by atoms with E-state index in [-0.39, 0.29) is 12.1 Å². The Kier molecular flexibility index (Phi) is 6.54. The number of hydrogen-bond donors (Lipinski definition) is 1. The molecule has 6 atom stereocenters. The van der Waals surface area contributed by atoms with Crippen molar-refractivity contribution in [1.82, 2.24) is 0 Å². The lowest BCUT2D eigenvalue weighted by molar-refractivity contribution is -0.143. The number of hydrogen-bond acceptors (Lipinski definition) is 3. The lowest BCUT2D eigenvalue weighted by Crippen LogP contribution is -2.37. The van der Waals surface area contributed by atoms with Crippen LogP contribution in [0.25, 0.3) is 0 Å². The van der Waals surface area contributed by atoms with Gasteiger partial charge in [-0.1, -0.05) is 50.6 Å². The molecule has 3 aliphatic carbocycles. The van der Waals surface area contributed by atoms with E-state index in [1.165, 1.54) is 44.6 Å². The highest BCUT2D eigenvalue weighted by atomic mass is 16.5. The van der Waals surface area contributed by atoms with Gasteiger partial charge < -0.3 is 9.84 Å². The summed E-state index contributed by atoms with van der Waals surface area (Å²) < 4.78 is 5.33. The van der Waals surface area contributed by atoms with Gasteiger partial charge in [-0.05, 0) is 79.6 Å². The molecule has 156 valence electrons. The van der Waals surface area contributed by atoms with Crippen molar-refractivity contribution in [3.63, 3.8) is 0 Å². The molecule has 3 rings (SSSR count). The zero-order chi connectivity index (χ0) is 20.5. The molecule has 1 unspecified atom stereocenters. The highest BCUT2D eigenvalue weighted by Crippen LogP contribution is 2.59. The standard InChI is InChI=1S/C25H38O3/c1-16-13-20(14-24(27)18(16)3)8-9-21-7-6-12-25(5)22(10-11-23(21)25)17(2)15-28-19(4)26/h8-9,16-17,22-24,27H,3,6-7,10-15H2,1-2,4-5H3/b20-8-,21-9+/t16-,17?,22-,23+,24-,25-/m1/s1. The molecular formula is C25H38O3. The number of fused-ring (bicyclic) bond motifs is 1. The molecule has 0 bridgehead atoms. The summed E-state index contributed by atoms with van der Waals surface area (Å²) in [5, 5.41) is 10.2. The van der Waals surface area contributed by atoms with Crippen molar-refractivity contribution >= 4 is 5.97 Å². The molecule has 0 aromatic carbocycles. The molecule has 0 aromatic rings. The van der Waals surface area contributed by atoms with Gasteiger partial charge in [-0.15, -0.1) is 0 Å². The molecule has 0 heterocycles. The first-order chi connectivity index (χ1) is 13.2. The summed E-state index contributed by atoms with van der Waals surface area (Å²) in [6.07, 6.45) is 12.2. The summed E-state index contributed by atoms with van der Waals surface area (Å²) in [6, 6.07) is 0. The molecule has 3 saturated carbocycles. The van der Waals surface area contributed by atoms with Crippen LogP contribution in [-0.2, 0) is 9.53 Å². The summed E-state index contributed by atoms with van der Waals surface area (Å²) in [5.74, 6) is 1.87. The van der Waals surface area contributed by atoms with Gasteiger partial charge in [-0.2, -0.15) is 0 Å². The third kappa shape index (κ3) is 4.30. The van der Waals surface area contributed by atoms with Crippen molar-refractivity contribution in [3.05, 3.63) is 35.5 Å². The Labute approximate surface area is 170 Å². The first-order valence-electron chi connectivity index (χ1n) is 11.1. The Morgan fingerprint density at radius 2 is 2.11 bits per heavy atom. The zero-order valence-corrected chi connectivity index (χ0v) is 18.2. The summed E-state index contributed by atoms with van der Waals surface area (Å²) in [6.45, 7) is 13.0.